The first-order chi connectivity index (χ1) is 11.8. The van der Waals surface area contributed by atoms with Crippen LogP contribution in [0.25, 0.3) is 0 Å². The molecule has 0 aromatic rings. The molecule has 9 atom stereocenters. The third-order valence-corrected chi connectivity index (χ3v) is 9.58. The number of fused-ring (bicyclic) bond motifs is 5. The van der Waals surface area contributed by atoms with Crippen LogP contribution in [0.2, 0.25) is 0 Å². The van der Waals surface area contributed by atoms with Crippen molar-refractivity contribution in [3.63, 3.8) is 0 Å². The second kappa shape index (κ2) is 6.23. The summed E-state index contributed by atoms with van der Waals surface area (Å²) >= 11 is 0. The Labute approximate surface area is 155 Å². The molecular weight excluding hydrogens is 308 g/mol. The highest BCUT2D eigenvalue weighted by Gasteiger charge is 2.60. The summed E-state index contributed by atoms with van der Waals surface area (Å²) in [5.74, 6) is 4.36. The lowest BCUT2D eigenvalue weighted by Crippen LogP contribution is -2.57. The molecule has 25 heavy (non-hydrogen) atoms. The maximum atomic E-state index is 10.7. The van der Waals surface area contributed by atoms with Gasteiger partial charge in [-0.3, -0.25) is 0 Å². The van der Waals surface area contributed by atoms with Crippen molar-refractivity contribution in [2.45, 2.75) is 104 Å². The van der Waals surface area contributed by atoms with Crippen LogP contribution >= 0.6 is 0 Å². The summed E-state index contributed by atoms with van der Waals surface area (Å²) < 4.78 is 6.17. The topological polar surface area (TPSA) is 29.5 Å². The van der Waals surface area contributed by atoms with Crippen molar-refractivity contribution in [2.24, 2.45) is 40.4 Å². The van der Waals surface area contributed by atoms with Gasteiger partial charge in [0.2, 0.25) is 0 Å². The molecule has 144 valence electrons. The first kappa shape index (κ1) is 18.3. The standard InChI is InChI=1S/C23H40O2/c1-14(2)25-21-13-23(5)16(12-20(21)24)7-8-17-18-9-6-15(3)22(18,4)11-10-19(17)23/h14-21,24H,6-13H2,1-5H3/t15-,16-,17-,18-,19-,20-,21-,22+,23-/m0/s1. The number of rotatable bonds is 2. The van der Waals surface area contributed by atoms with E-state index in [0.717, 1.165) is 36.5 Å². The summed E-state index contributed by atoms with van der Waals surface area (Å²) in [6.45, 7) is 11.9. The summed E-state index contributed by atoms with van der Waals surface area (Å²) in [7, 11) is 0. The van der Waals surface area contributed by atoms with Crippen LogP contribution in [-0.2, 0) is 4.74 Å². The van der Waals surface area contributed by atoms with Gasteiger partial charge in [-0.25, -0.2) is 0 Å². The van der Waals surface area contributed by atoms with Crippen molar-refractivity contribution in [1.29, 1.82) is 0 Å². The second-order valence-corrected chi connectivity index (χ2v) is 10.9. The third kappa shape index (κ3) is 2.73. The highest BCUT2D eigenvalue weighted by Crippen LogP contribution is 2.67. The molecule has 0 heterocycles. The fourth-order valence-corrected chi connectivity index (χ4v) is 8.00. The lowest BCUT2D eigenvalue weighted by molar-refractivity contribution is -0.179. The van der Waals surface area contributed by atoms with E-state index in [2.05, 4.69) is 34.6 Å². The zero-order valence-corrected chi connectivity index (χ0v) is 17.1. The molecule has 4 aliphatic rings. The van der Waals surface area contributed by atoms with Gasteiger partial charge in [-0.05, 0) is 106 Å². The van der Waals surface area contributed by atoms with Crippen LogP contribution in [0, 0.1) is 40.4 Å². The van der Waals surface area contributed by atoms with Crippen molar-refractivity contribution in [3.8, 4) is 0 Å². The molecule has 2 nitrogen and oxygen atoms in total. The van der Waals surface area contributed by atoms with Crippen molar-refractivity contribution in [1.82, 2.24) is 0 Å². The second-order valence-electron chi connectivity index (χ2n) is 10.9. The van der Waals surface area contributed by atoms with Gasteiger partial charge in [0.15, 0.2) is 0 Å². The Bertz CT molecular complexity index is 502. The summed E-state index contributed by atoms with van der Waals surface area (Å²) in [5.41, 5.74) is 0.987. The monoisotopic (exact) mass is 348 g/mol. The fraction of sp³-hybridized carbons (Fsp3) is 1.00. The molecule has 0 unspecified atom stereocenters. The molecule has 1 N–H and O–H groups in total. The lowest BCUT2D eigenvalue weighted by Gasteiger charge is -2.61. The molecule has 0 aromatic carbocycles. The molecule has 0 spiro atoms. The normalized spacial score (nSPS) is 55.6. The number of aliphatic hydroxyl groups excluding tert-OH is 1. The van der Waals surface area contributed by atoms with E-state index in [1.807, 2.05) is 0 Å². The van der Waals surface area contributed by atoms with E-state index in [-0.39, 0.29) is 18.3 Å². The third-order valence-electron chi connectivity index (χ3n) is 9.58. The van der Waals surface area contributed by atoms with Crippen molar-refractivity contribution in [2.75, 3.05) is 0 Å². The molecule has 4 rings (SSSR count). The Morgan fingerprint density at radius 3 is 2.40 bits per heavy atom. The zero-order chi connectivity index (χ0) is 18.0. The molecule has 4 fully saturated rings. The van der Waals surface area contributed by atoms with Gasteiger partial charge in [-0.2, -0.15) is 0 Å². The molecule has 2 heteroatoms. The zero-order valence-electron chi connectivity index (χ0n) is 17.1. The van der Waals surface area contributed by atoms with E-state index >= 15 is 0 Å². The van der Waals surface area contributed by atoms with Gasteiger partial charge in [0, 0.05) is 0 Å². The highest BCUT2D eigenvalue weighted by molar-refractivity contribution is 5.09. The smallest absolute Gasteiger partial charge is 0.0842 e. The number of hydrogen-bond donors (Lipinski definition) is 1. The van der Waals surface area contributed by atoms with Gasteiger partial charge in [0.1, 0.15) is 0 Å². The van der Waals surface area contributed by atoms with Crippen LogP contribution in [0.15, 0.2) is 0 Å². The minimum Gasteiger partial charge on any atom is -0.390 e. The molecule has 0 aliphatic heterocycles. The highest BCUT2D eigenvalue weighted by atomic mass is 16.5. The fourth-order valence-electron chi connectivity index (χ4n) is 8.00. The van der Waals surface area contributed by atoms with Crippen LogP contribution in [-0.4, -0.2) is 23.4 Å². The van der Waals surface area contributed by atoms with E-state index in [1.165, 1.54) is 38.5 Å². The molecule has 0 radical (unpaired) electrons. The summed E-state index contributed by atoms with van der Waals surface area (Å²) in [6.07, 6.45) is 10.6. The van der Waals surface area contributed by atoms with E-state index < -0.39 is 0 Å². The minimum atomic E-state index is -0.252. The Balaban J connectivity index is 1.59. The van der Waals surface area contributed by atoms with Crippen LogP contribution in [0.3, 0.4) is 0 Å². The molecule has 0 amide bonds. The molecule has 0 aromatic heterocycles. The van der Waals surface area contributed by atoms with Gasteiger partial charge >= 0.3 is 0 Å². The number of hydrogen-bond acceptors (Lipinski definition) is 2. The summed E-state index contributed by atoms with van der Waals surface area (Å²) in [6, 6.07) is 0. The predicted molar refractivity (Wildman–Crippen MR) is 102 cm³/mol. The summed E-state index contributed by atoms with van der Waals surface area (Å²) in [5, 5.41) is 10.7. The average molecular weight is 349 g/mol. The van der Waals surface area contributed by atoms with Crippen LogP contribution < -0.4 is 0 Å². The van der Waals surface area contributed by atoms with Crippen molar-refractivity contribution < 1.29 is 9.84 Å². The SMILES string of the molecule is CC(C)O[C@H]1C[C@@]2(C)[C@@H](CC[C@@H]3[C@@H]2CC[C@]2(C)[C@@H](C)CC[C@@H]32)C[C@@H]1O. The molecule has 0 bridgehead atoms. The van der Waals surface area contributed by atoms with E-state index in [1.54, 1.807) is 0 Å². The summed E-state index contributed by atoms with van der Waals surface area (Å²) in [4.78, 5) is 0. The van der Waals surface area contributed by atoms with E-state index in [0.29, 0.717) is 16.7 Å². The van der Waals surface area contributed by atoms with E-state index in [4.69, 9.17) is 4.74 Å². The molecule has 0 saturated heterocycles. The maximum absolute atomic E-state index is 10.7. The van der Waals surface area contributed by atoms with Crippen molar-refractivity contribution in [3.05, 3.63) is 0 Å². The average Bonchev–Trinajstić information content (AvgIpc) is 2.84. The van der Waals surface area contributed by atoms with Gasteiger partial charge in [-0.15, -0.1) is 0 Å². The molecule has 4 saturated carbocycles. The number of ether oxygens (including phenoxy) is 1. The maximum Gasteiger partial charge on any atom is 0.0842 e. The minimum absolute atomic E-state index is 0.0517. The number of aliphatic hydroxyl groups is 1. The Hall–Kier alpha value is -0.0800. The Morgan fingerprint density at radius 2 is 1.68 bits per heavy atom. The predicted octanol–water partition coefficient (Wildman–Crippen LogP) is 5.43. The van der Waals surface area contributed by atoms with Gasteiger partial charge < -0.3 is 9.84 Å². The molecular formula is C23H40O2. The molecule has 4 aliphatic carbocycles. The quantitative estimate of drug-likeness (QED) is 0.721. The van der Waals surface area contributed by atoms with Crippen LogP contribution in [0.5, 0.6) is 0 Å². The van der Waals surface area contributed by atoms with E-state index in [9.17, 15) is 5.11 Å². The van der Waals surface area contributed by atoms with Gasteiger partial charge in [0.25, 0.3) is 0 Å². The first-order valence-electron chi connectivity index (χ1n) is 11.1. The van der Waals surface area contributed by atoms with Crippen LogP contribution in [0.1, 0.15) is 86.0 Å². The van der Waals surface area contributed by atoms with Gasteiger partial charge in [0.05, 0.1) is 18.3 Å². The largest absolute Gasteiger partial charge is 0.390 e. The van der Waals surface area contributed by atoms with Crippen LogP contribution in [0.4, 0.5) is 0 Å². The first-order valence-corrected chi connectivity index (χ1v) is 11.1. The van der Waals surface area contributed by atoms with Gasteiger partial charge in [-0.1, -0.05) is 20.8 Å². The lowest BCUT2D eigenvalue weighted by atomic mass is 9.44. The van der Waals surface area contributed by atoms with Crippen molar-refractivity contribution >= 4 is 0 Å². The Morgan fingerprint density at radius 1 is 0.960 bits per heavy atom. The Kier molecular flexibility index (Phi) is 4.56.